The van der Waals surface area contributed by atoms with Crippen LogP contribution < -0.4 is 11.1 Å². The topological polar surface area (TPSA) is 58.3 Å². The summed E-state index contributed by atoms with van der Waals surface area (Å²) in [4.78, 5) is 0. The predicted octanol–water partition coefficient (Wildman–Crippen LogP) is 2.12. The maximum absolute atomic E-state index is 13.4. The Kier molecular flexibility index (Phi) is 4.49. The molecule has 1 aromatic rings. The van der Waals surface area contributed by atoms with Crippen molar-refractivity contribution in [2.45, 2.75) is 25.8 Å². The van der Waals surface area contributed by atoms with Crippen LogP contribution in [0.2, 0.25) is 0 Å². The van der Waals surface area contributed by atoms with Crippen LogP contribution in [-0.2, 0) is 0 Å². The molecule has 0 aliphatic carbocycles. The van der Waals surface area contributed by atoms with Crippen molar-refractivity contribution in [1.82, 2.24) is 0 Å². The molecule has 0 heterocycles. The van der Waals surface area contributed by atoms with Crippen LogP contribution in [0.5, 0.6) is 0 Å². The van der Waals surface area contributed by atoms with Gasteiger partial charge in [0.25, 0.3) is 0 Å². The lowest BCUT2D eigenvalue weighted by atomic mass is 10.1. The maximum Gasteiger partial charge on any atom is 0.151 e. The van der Waals surface area contributed by atoms with Gasteiger partial charge in [0, 0.05) is 18.3 Å². The van der Waals surface area contributed by atoms with E-state index >= 15 is 0 Å². The van der Waals surface area contributed by atoms with Crippen molar-refractivity contribution in [3.63, 3.8) is 0 Å². The summed E-state index contributed by atoms with van der Waals surface area (Å²) in [6.45, 7) is 1.85. The number of benzene rings is 1. The van der Waals surface area contributed by atoms with Crippen molar-refractivity contribution in [3.05, 3.63) is 23.8 Å². The molecule has 1 atom stereocenters. The fourth-order valence-corrected chi connectivity index (χ4v) is 1.47. The molecule has 0 bridgehead atoms. The molecular formula is C11H16F2N2O. The summed E-state index contributed by atoms with van der Waals surface area (Å²) in [5.74, 6) is -1.43. The second-order valence-corrected chi connectivity index (χ2v) is 3.62. The highest BCUT2D eigenvalue weighted by molar-refractivity contribution is 5.54. The standard InChI is InChI=1S/C11H16F2N2O/c1-2-8(3-4-16)15-11-9(12)5-7(14)6-10(11)13/h5-6,8,15-16H,2-4,14H2,1H3. The third-order valence-electron chi connectivity index (χ3n) is 2.38. The first-order chi connectivity index (χ1) is 7.58. The van der Waals surface area contributed by atoms with Gasteiger partial charge in [0.1, 0.15) is 5.69 Å². The second kappa shape index (κ2) is 5.65. The summed E-state index contributed by atoms with van der Waals surface area (Å²) in [5.41, 5.74) is 5.17. The number of aliphatic hydroxyl groups excluding tert-OH is 1. The van der Waals surface area contributed by atoms with Crippen LogP contribution in [0.15, 0.2) is 12.1 Å². The molecule has 90 valence electrons. The number of nitrogens with one attached hydrogen (secondary N) is 1. The molecule has 0 aliphatic heterocycles. The number of rotatable bonds is 5. The average Bonchev–Trinajstić information content (AvgIpc) is 2.21. The number of aliphatic hydroxyl groups is 1. The largest absolute Gasteiger partial charge is 0.399 e. The average molecular weight is 230 g/mol. The minimum Gasteiger partial charge on any atom is -0.399 e. The molecule has 0 radical (unpaired) electrons. The number of anilines is 2. The Morgan fingerprint density at radius 1 is 1.38 bits per heavy atom. The normalized spacial score (nSPS) is 12.5. The van der Waals surface area contributed by atoms with Crippen LogP contribution in [0.1, 0.15) is 19.8 Å². The zero-order valence-corrected chi connectivity index (χ0v) is 9.13. The molecule has 0 aromatic heterocycles. The Morgan fingerprint density at radius 3 is 2.38 bits per heavy atom. The van der Waals surface area contributed by atoms with E-state index < -0.39 is 11.6 Å². The summed E-state index contributed by atoms with van der Waals surface area (Å²) < 4.78 is 26.8. The lowest BCUT2D eigenvalue weighted by molar-refractivity contribution is 0.278. The lowest BCUT2D eigenvalue weighted by Gasteiger charge is -2.18. The molecule has 4 N–H and O–H groups in total. The first-order valence-corrected chi connectivity index (χ1v) is 5.20. The number of hydrogen-bond acceptors (Lipinski definition) is 3. The molecule has 1 rings (SSSR count). The molecular weight excluding hydrogens is 214 g/mol. The van der Waals surface area contributed by atoms with Crippen LogP contribution in [0.4, 0.5) is 20.2 Å². The van der Waals surface area contributed by atoms with Gasteiger partial charge in [-0.05, 0) is 25.0 Å². The first kappa shape index (κ1) is 12.7. The Balaban J connectivity index is 2.87. The Bertz CT molecular complexity index is 335. The van der Waals surface area contributed by atoms with Crippen LogP contribution in [-0.4, -0.2) is 17.8 Å². The summed E-state index contributed by atoms with van der Waals surface area (Å²) in [6, 6.07) is 1.98. The maximum atomic E-state index is 13.4. The zero-order chi connectivity index (χ0) is 12.1. The fraction of sp³-hybridized carbons (Fsp3) is 0.455. The van der Waals surface area contributed by atoms with E-state index in [1.54, 1.807) is 0 Å². The van der Waals surface area contributed by atoms with E-state index in [2.05, 4.69) is 5.32 Å². The highest BCUT2D eigenvalue weighted by Gasteiger charge is 2.14. The minimum atomic E-state index is -0.714. The lowest BCUT2D eigenvalue weighted by Crippen LogP contribution is -2.21. The van der Waals surface area contributed by atoms with Crippen LogP contribution in [0.25, 0.3) is 0 Å². The molecule has 1 aromatic carbocycles. The van der Waals surface area contributed by atoms with E-state index in [9.17, 15) is 8.78 Å². The van der Waals surface area contributed by atoms with Gasteiger partial charge in [0.15, 0.2) is 11.6 Å². The molecule has 0 aliphatic rings. The third-order valence-corrected chi connectivity index (χ3v) is 2.38. The molecule has 16 heavy (non-hydrogen) atoms. The Morgan fingerprint density at radius 2 is 1.94 bits per heavy atom. The van der Waals surface area contributed by atoms with E-state index in [0.717, 1.165) is 12.1 Å². The smallest absolute Gasteiger partial charge is 0.151 e. The Labute approximate surface area is 93.3 Å². The molecule has 0 amide bonds. The zero-order valence-electron chi connectivity index (χ0n) is 9.13. The van der Waals surface area contributed by atoms with Gasteiger partial charge in [-0.3, -0.25) is 0 Å². The van der Waals surface area contributed by atoms with Gasteiger partial charge in [-0.25, -0.2) is 8.78 Å². The molecule has 0 saturated carbocycles. The third kappa shape index (κ3) is 3.06. The van der Waals surface area contributed by atoms with E-state index in [1.165, 1.54) is 0 Å². The molecule has 0 saturated heterocycles. The molecule has 3 nitrogen and oxygen atoms in total. The van der Waals surface area contributed by atoms with E-state index in [0.29, 0.717) is 12.8 Å². The van der Waals surface area contributed by atoms with Gasteiger partial charge in [-0.2, -0.15) is 0 Å². The van der Waals surface area contributed by atoms with E-state index in [1.807, 2.05) is 6.92 Å². The fourth-order valence-electron chi connectivity index (χ4n) is 1.47. The highest BCUT2D eigenvalue weighted by atomic mass is 19.1. The number of halogens is 2. The molecule has 0 fully saturated rings. The van der Waals surface area contributed by atoms with E-state index in [-0.39, 0.29) is 24.0 Å². The number of hydrogen-bond donors (Lipinski definition) is 3. The van der Waals surface area contributed by atoms with Crippen LogP contribution >= 0.6 is 0 Å². The minimum absolute atomic E-state index is 0.0241. The van der Waals surface area contributed by atoms with Crippen molar-refractivity contribution in [1.29, 1.82) is 0 Å². The van der Waals surface area contributed by atoms with Gasteiger partial charge in [-0.1, -0.05) is 6.92 Å². The van der Waals surface area contributed by atoms with E-state index in [4.69, 9.17) is 10.8 Å². The van der Waals surface area contributed by atoms with Crippen molar-refractivity contribution < 1.29 is 13.9 Å². The SMILES string of the molecule is CCC(CCO)Nc1c(F)cc(N)cc1F. The predicted molar refractivity (Wildman–Crippen MR) is 60.2 cm³/mol. The van der Waals surface area contributed by atoms with Gasteiger partial charge in [0.2, 0.25) is 0 Å². The summed E-state index contributed by atoms with van der Waals surface area (Å²) in [7, 11) is 0. The number of nitrogen functional groups attached to an aromatic ring is 1. The summed E-state index contributed by atoms with van der Waals surface area (Å²) in [6.07, 6.45) is 1.11. The van der Waals surface area contributed by atoms with Gasteiger partial charge >= 0.3 is 0 Å². The van der Waals surface area contributed by atoms with Crippen LogP contribution in [0, 0.1) is 11.6 Å². The quantitative estimate of drug-likeness (QED) is 0.679. The second-order valence-electron chi connectivity index (χ2n) is 3.62. The number of nitrogens with two attached hydrogens (primary N) is 1. The molecule has 1 unspecified atom stereocenters. The monoisotopic (exact) mass is 230 g/mol. The van der Waals surface area contributed by atoms with Gasteiger partial charge in [0.05, 0.1) is 0 Å². The van der Waals surface area contributed by atoms with Gasteiger partial charge < -0.3 is 16.2 Å². The summed E-state index contributed by atoms with van der Waals surface area (Å²) >= 11 is 0. The highest BCUT2D eigenvalue weighted by Crippen LogP contribution is 2.23. The van der Waals surface area contributed by atoms with Crippen molar-refractivity contribution in [3.8, 4) is 0 Å². The van der Waals surface area contributed by atoms with Gasteiger partial charge in [-0.15, -0.1) is 0 Å². The van der Waals surface area contributed by atoms with Crippen molar-refractivity contribution in [2.24, 2.45) is 0 Å². The Hall–Kier alpha value is -1.36. The van der Waals surface area contributed by atoms with Crippen LogP contribution in [0.3, 0.4) is 0 Å². The molecule has 0 spiro atoms. The summed E-state index contributed by atoms with van der Waals surface area (Å²) in [5, 5.41) is 11.5. The van der Waals surface area contributed by atoms with Crippen molar-refractivity contribution in [2.75, 3.05) is 17.7 Å². The van der Waals surface area contributed by atoms with Crippen molar-refractivity contribution >= 4 is 11.4 Å². The first-order valence-electron chi connectivity index (χ1n) is 5.20. The molecule has 5 heteroatoms.